The molecule has 8 heteroatoms. The zero-order chi connectivity index (χ0) is 15.1. The molecular formula is C13H13ClN4O2S. The number of nitrogens with one attached hydrogen (secondary N) is 1. The Bertz CT molecular complexity index is 745. The van der Waals surface area contributed by atoms with E-state index in [2.05, 4.69) is 22.2 Å². The van der Waals surface area contributed by atoms with Crippen LogP contribution in [-0.2, 0) is 16.0 Å². The Morgan fingerprint density at radius 2 is 2.24 bits per heavy atom. The highest BCUT2D eigenvalue weighted by atomic mass is 35.5. The summed E-state index contributed by atoms with van der Waals surface area (Å²) in [6.45, 7) is 2.06. The quantitative estimate of drug-likeness (QED) is 0.691. The van der Waals surface area contributed by atoms with Gasteiger partial charge in [-0.15, -0.1) is 11.3 Å². The van der Waals surface area contributed by atoms with Crippen molar-refractivity contribution >= 4 is 50.8 Å². The lowest BCUT2D eigenvalue weighted by molar-refractivity contribution is -0.136. The first-order valence-corrected chi connectivity index (χ1v) is 7.72. The minimum atomic E-state index is -0.596. The SMILES string of the molecule is CCc1cc2c(NC3CC(=O)N(C)C3=O)nc(Cl)nc2s1. The zero-order valence-corrected chi connectivity index (χ0v) is 13.1. The molecule has 2 aromatic heterocycles. The first-order chi connectivity index (χ1) is 9.99. The van der Waals surface area contributed by atoms with Crippen LogP contribution in [0.3, 0.4) is 0 Å². The Morgan fingerprint density at radius 1 is 1.48 bits per heavy atom. The lowest BCUT2D eigenvalue weighted by Gasteiger charge is -2.12. The first kappa shape index (κ1) is 14.2. The molecule has 1 aliphatic heterocycles. The van der Waals surface area contributed by atoms with Gasteiger partial charge in [0, 0.05) is 11.9 Å². The topological polar surface area (TPSA) is 75.2 Å². The molecule has 1 N–H and O–H groups in total. The van der Waals surface area contributed by atoms with Gasteiger partial charge in [-0.2, -0.15) is 0 Å². The van der Waals surface area contributed by atoms with Gasteiger partial charge < -0.3 is 5.32 Å². The molecule has 21 heavy (non-hydrogen) atoms. The third kappa shape index (κ3) is 2.47. The van der Waals surface area contributed by atoms with Gasteiger partial charge in [0.05, 0.1) is 11.8 Å². The van der Waals surface area contributed by atoms with E-state index < -0.39 is 6.04 Å². The lowest BCUT2D eigenvalue weighted by Crippen LogP contribution is -2.32. The molecule has 1 saturated heterocycles. The van der Waals surface area contributed by atoms with Crippen LogP contribution < -0.4 is 5.32 Å². The Kier molecular flexibility index (Phi) is 3.54. The summed E-state index contributed by atoms with van der Waals surface area (Å²) in [6, 6.07) is 1.39. The van der Waals surface area contributed by atoms with Crippen LogP contribution in [0.2, 0.25) is 5.28 Å². The Hall–Kier alpha value is -1.73. The van der Waals surface area contributed by atoms with Crippen LogP contribution in [0.4, 0.5) is 5.82 Å². The summed E-state index contributed by atoms with van der Waals surface area (Å²) >= 11 is 7.49. The molecule has 0 aromatic carbocycles. The van der Waals surface area contributed by atoms with Crippen molar-refractivity contribution in [2.75, 3.05) is 12.4 Å². The van der Waals surface area contributed by atoms with Crippen molar-refractivity contribution in [3.8, 4) is 0 Å². The van der Waals surface area contributed by atoms with Crippen LogP contribution in [0.15, 0.2) is 6.07 Å². The van der Waals surface area contributed by atoms with Crippen LogP contribution in [0.25, 0.3) is 10.2 Å². The van der Waals surface area contributed by atoms with Crippen molar-refractivity contribution in [3.05, 3.63) is 16.2 Å². The summed E-state index contributed by atoms with van der Waals surface area (Å²) in [4.78, 5) is 35.0. The number of likely N-dealkylation sites (tertiary alicyclic amines) is 1. The normalized spacial score (nSPS) is 18.8. The smallest absolute Gasteiger partial charge is 0.251 e. The number of carbonyl (C=O) groups is 2. The number of fused-ring (bicyclic) bond motifs is 1. The minimum absolute atomic E-state index is 0.125. The average Bonchev–Trinajstić information content (AvgIpc) is 2.96. The van der Waals surface area contributed by atoms with E-state index in [1.54, 1.807) is 11.3 Å². The Balaban J connectivity index is 1.98. The van der Waals surface area contributed by atoms with Crippen molar-refractivity contribution in [3.63, 3.8) is 0 Å². The number of amides is 2. The van der Waals surface area contributed by atoms with Gasteiger partial charge in [-0.25, -0.2) is 9.97 Å². The van der Waals surface area contributed by atoms with E-state index in [4.69, 9.17) is 11.6 Å². The minimum Gasteiger partial charge on any atom is -0.357 e. The molecule has 0 radical (unpaired) electrons. The van der Waals surface area contributed by atoms with E-state index in [1.807, 2.05) is 6.07 Å². The third-order valence-electron chi connectivity index (χ3n) is 3.46. The van der Waals surface area contributed by atoms with Crippen LogP contribution in [-0.4, -0.2) is 39.8 Å². The third-order valence-corrected chi connectivity index (χ3v) is 4.80. The fraction of sp³-hybridized carbons (Fsp3) is 0.385. The second-order valence-corrected chi connectivity index (χ2v) is 6.27. The number of hydrogen-bond acceptors (Lipinski definition) is 6. The molecule has 3 heterocycles. The number of imide groups is 1. The molecule has 0 spiro atoms. The number of aromatic nitrogens is 2. The van der Waals surface area contributed by atoms with E-state index in [1.165, 1.54) is 7.05 Å². The highest BCUT2D eigenvalue weighted by Crippen LogP contribution is 2.31. The van der Waals surface area contributed by atoms with Gasteiger partial charge in [-0.1, -0.05) is 6.92 Å². The summed E-state index contributed by atoms with van der Waals surface area (Å²) in [7, 11) is 1.48. The van der Waals surface area contributed by atoms with Gasteiger partial charge >= 0.3 is 0 Å². The molecule has 3 rings (SSSR count). The van der Waals surface area contributed by atoms with Gasteiger partial charge in [0.15, 0.2) is 0 Å². The monoisotopic (exact) mass is 324 g/mol. The summed E-state index contributed by atoms with van der Waals surface area (Å²) in [6.07, 6.45) is 1.02. The van der Waals surface area contributed by atoms with Crippen molar-refractivity contribution in [1.29, 1.82) is 0 Å². The number of likely N-dealkylation sites (N-methyl/N-ethyl adjacent to an activating group) is 1. The van der Waals surface area contributed by atoms with E-state index in [-0.39, 0.29) is 23.5 Å². The van der Waals surface area contributed by atoms with Crippen molar-refractivity contribution in [1.82, 2.24) is 14.9 Å². The average molecular weight is 325 g/mol. The van der Waals surface area contributed by atoms with Crippen LogP contribution in [0.5, 0.6) is 0 Å². The Labute approximate surface area is 130 Å². The summed E-state index contributed by atoms with van der Waals surface area (Å²) < 4.78 is 0. The number of hydrogen-bond donors (Lipinski definition) is 1. The Morgan fingerprint density at radius 3 is 2.86 bits per heavy atom. The molecule has 0 bridgehead atoms. The largest absolute Gasteiger partial charge is 0.357 e. The maximum atomic E-state index is 12.0. The summed E-state index contributed by atoms with van der Waals surface area (Å²) in [5.41, 5.74) is 0. The predicted octanol–water partition coefficient (Wildman–Crippen LogP) is 2.08. The lowest BCUT2D eigenvalue weighted by atomic mass is 10.2. The zero-order valence-electron chi connectivity index (χ0n) is 11.5. The maximum Gasteiger partial charge on any atom is 0.251 e. The van der Waals surface area contributed by atoms with Crippen molar-refractivity contribution < 1.29 is 9.59 Å². The second-order valence-electron chi connectivity index (χ2n) is 4.82. The van der Waals surface area contributed by atoms with Gasteiger partial charge in [0.1, 0.15) is 16.7 Å². The molecule has 1 fully saturated rings. The van der Waals surface area contributed by atoms with Crippen LogP contribution >= 0.6 is 22.9 Å². The van der Waals surface area contributed by atoms with Crippen LogP contribution in [0.1, 0.15) is 18.2 Å². The van der Waals surface area contributed by atoms with E-state index in [9.17, 15) is 9.59 Å². The standard InChI is InChI=1S/C13H13ClN4O2S/c1-3-6-4-7-10(16-13(14)17-11(7)21-6)15-8-5-9(19)18(2)12(8)20/h4,8H,3,5H2,1-2H3,(H,15,16,17). The van der Waals surface area contributed by atoms with E-state index >= 15 is 0 Å². The van der Waals surface area contributed by atoms with Gasteiger partial charge in [-0.05, 0) is 24.1 Å². The van der Waals surface area contributed by atoms with Crippen molar-refractivity contribution in [2.45, 2.75) is 25.8 Å². The fourth-order valence-electron chi connectivity index (χ4n) is 2.26. The number of carbonyl (C=O) groups excluding carboxylic acids is 2. The maximum absolute atomic E-state index is 12.0. The molecule has 110 valence electrons. The number of thiophene rings is 1. The fourth-order valence-corrected chi connectivity index (χ4v) is 3.45. The first-order valence-electron chi connectivity index (χ1n) is 6.52. The van der Waals surface area contributed by atoms with E-state index in [0.717, 1.165) is 26.4 Å². The summed E-state index contributed by atoms with van der Waals surface area (Å²) in [5.74, 6) is 0.0460. The van der Waals surface area contributed by atoms with Gasteiger partial charge in [0.2, 0.25) is 11.2 Å². The molecule has 0 aliphatic carbocycles. The highest BCUT2D eigenvalue weighted by Gasteiger charge is 2.36. The number of anilines is 1. The predicted molar refractivity (Wildman–Crippen MR) is 81.6 cm³/mol. The highest BCUT2D eigenvalue weighted by molar-refractivity contribution is 7.18. The molecule has 2 aromatic rings. The number of nitrogens with zero attached hydrogens (tertiary/aromatic N) is 3. The van der Waals surface area contributed by atoms with Crippen LogP contribution in [0, 0.1) is 0 Å². The molecule has 2 amide bonds. The molecule has 1 atom stereocenters. The molecule has 0 saturated carbocycles. The number of rotatable bonds is 3. The van der Waals surface area contributed by atoms with Crippen molar-refractivity contribution in [2.24, 2.45) is 0 Å². The summed E-state index contributed by atoms with van der Waals surface area (Å²) in [5, 5.41) is 3.99. The molecule has 1 aliphatic rings. The molecular weight excluding hydrogens is 312 g/mol. The number of halogens is 1. The van der Waals surface area contributed by atoms with E-state index in [0.29, 0.717) is 5.82 Å². The van der Waals surface area contributed by atoms with Gasteiger partial charge in [-0.3, -0.25) is 14.5 Å². The van der Waals surface area contributed by atoms with Gasteiger partial charge in [0.25, 0.3) is 5.91 Å². The molecule has 1 unspecified atom stereocenters. The molecule has 6 nitrogen and oxygen atoms in total. The second kappa shape index (κ2) is 5.23. The number of aryl methyl sites for hydroxylation is 1.